The maximum Gasteiger partial charge on any atom is 0.248 e. The zero-order valence-electron chi connectivity index (χ0n) is 19.9. The summed E-state index contributed by atoms with van der Waals surface area (Å²) in [6.45, 7) is 2.28. The summed E-state index contributed by atoms with van der Waals surface area (Å²) in [7, 11) is -2.24. The van der Waals surface area contributed by atoms with Crippen LogP contribution in [0.5, 0.6) is 5.75 Å². The van der Waals surface area contributed by atoms with Crippen LogP contribution in [-0.2, 0) is 26.2 Å². The minimum absolute atomic E-state index is 0.105. The molecular weight excluding hydrogens is 466 g/mol. The summed E-state index contributed by atoms with van der Waals surface area (Å²) in [5.74, 6) is 0.102. The van der Waals surface area contributed by atoms with Crippen LogP contribution in [0.4, 0.5) is 5.69 Å². The Hall–Kier alpha value is -3.17. The lowest BCUT2D eigenvalue weighted by atomic mass is 10.2. The van der Waals surface area contributed by atoms with E-state index in [1.54, 1.807) is 30.3 Å². The molecule has 35 heavy (non-hydrogen) atoms. The van der Waals surface area contributed by atoms with Gasteiger partial charge in [0.05, 0.1) is 7.11 Å². The van der Waals surface area contributed by atoms with Gasteiger partial charge in [0.15, 0.2) is 0 Å². The van der Waals surface area contributed by atoms with Gasteiger partial charge in [-0.1, -0.05) is 24.6 Å². The van der Waals surface area contributed by atoms with Crippen molar-refractivity contribution in [3.05, 3.63) is 59.7 Å². The molecule has 0 atom stereocenters. The number of carbonyl (C=O) groups is 2. The summed E-state index contributed by atoms with van der Waals surface area (Å²) in [5.41, 5.74) is 2.16. The van der Waals surface area contributed by atoms with Crippen LogP contribution in [0.1, 0.15) is 43.2 Å². The molecule has 0 aliphatic carbocycles. The fourth-order valence-electron chi connectivity index (χ4n) is 4.44. The lowest BCUT2D eigenvalue weighted by Crippen LogP contribution is -2.35. The van der Waals surface area contributed by atoms with Gasteiger partial charge < -0.3 is 15.0 Å². The molecule has 186 valence electrons. The van der Waals surface area contributed by atoms with Crippen molar-refractivity contribution in [2.24, 2.45) is 0 Å². The monoisotopic (exact) mass is 497 g/mol. The molecule has 0 bridgehead atoms. The average molecular weight is 498 g/mol. The van der Waals surface area contributed by atoms with Crippen LogP contribution in [0.3, 0.4) is 0 Å². The third kappa shape index (κ3) is 6.10. The number of hydrogen-bond acceptors (Lipinski definition) is 5. The van der Waals surface area contributed by atoms with Crippen LogP contribution >= 0.6 is 0 Å². The predicted molar refractivity (Wildman–Crippen MR) is 134 cm³/mol. The van der Waals surface area contributed by atoms with Crippen molar-refractivity contribution >= 4 is 33.6 Å². The number of hydrogen-bond donors (Lipinski definition) is 1. The van der Waals surface area contributed by atoms with Crippen LogP contribution in [0.15, 0.2) is 53.4 Å². The molecule has 2 aromatic rings. The number of carbonyl (C=O) groups excluding carboxylic acids is 2. The van der Waals surface area contributed by atoms with Gasteiger partial charge in [-0.3, -0.25) is 9.59 Å². The van der Waals surface area contributed by atoms with E-state index >= 15 is 0 Å². The molecule has 1 N–H and O–H groups in total. The summed E-state index contributed by atoms with van der Waals surface area (Å²) in [5, 5.41) is 2.83. The highest BCUT2D eigenvalue weighted by Gasteiger charge is 2.29. The first kappa shape index (κ1) is 24.9. The Morgan fingerprint density at radius 3 is 2.57 bits per heavy atom. The Balaban J connectivity index is 1.45. The molecule has 2 fully saturated rings. The first-order chi connectivity index (χ1) is 16.9. The van der Waals surface area contributed by atoms with E-state index in [1.807, 2.05) is 23.1 Å². The van der Waals surface area contributed by atoms with E-state index in [-0.39, 0.29) is 22.5 Å². The minimum Gasteiger partial charge on any atom is -0.495 e. The Kier molecular flexibility index (Phi) is 7.87. The molecule has 8 nitrogen and oxygen atoms in total. The minimum atomic E-state index is -3.69. The second kappa shape index (κ2) is 11.0. The normalized spacial score (nSPS) is 17.2. The van der Waals surface area contributed by atoms with Gasteiger partial charge in [-0.15, -0.1) is 0 Å². The van der Waals surface area contributed by atoms with Gasteiger partial charge in [-0.2, -0.15) is 4.31 Å². The largest absolute Gasteiger partial charge is 0.495 e. The molecule has 2 saturated heterocycles. The fraction of sp³-hybridized carbons (Fsp3) is 0.385. The SMILES string of the molecule is COc1ccc(/C=C/C(=O)Nc2cccc(CN3CCCC3=O)c2)cc1S(=O)(=O)N1CCCCC1. The van der Waals surface area contributed by atoms with Gasteiger partial charge in [0.25, 0.3) is 0 Å². The number of methoxy groups -OCH3 is 1. The second-order valence-electron chi connectivity index (χ2n) is 8.82. The molecule has 2 heterocycles. The standard InChI is InChI=1S/C26H31N3O5S/c1-34-23-12-10-20(18-24(23)35(32,33)29-15-3-2-4-16-29)11-13-25(30)27-22-8-5-7-21(17-22)19-28-14-6-9-26(28)31/h5,7-8,10-13,17-18H,2-4,6,9,14-16,19H2,1H3,(H,27,30)/b13-11+. The van der Waals surface area contributed by atoms with E-state index in [4.69, 9.17) is 4.74 Å². The van der Waals surface area contributed by atoms with E-state index in [0.717, 1.165) is 37.8 Å². The number of nitrogens with zero attached hydrogens (tertiary/aromatic N) is 2. The van der Waals surface area contributed by atoms with Crippen molar-refractivity contribution in [2.45, 2.75) is 43.5 Å². The van der Waals surface area contributed by atoms with Gasteiger partial charge in [0, 0.05) is 44.4 Å². The Labute approximate surface area is 206 Å². The third-order valence-electron chi connectivity index (χ3n) is 6.29. The summed E-state index contributed by atoms with van der Waals surface area (Å²) in [6, 6.07) is 12.3. The van der Waals surface area contributed by atoms with Crippen molar-refractivity contribution in [3.63, 3.8) is 0 Å². The Morgan fingerprint density at radius 2 is 1.86 bits per heavy atom. The average Bonchev–Trinajstić information content (AvgIpc) is 3.27. The zero-order chi connectivity index (χ0) is 24.8. The molecule has 0 saturated carbocycles. The summed E-state index contributed by atoms with van der Waals surface area (Å²) in [6.07, 6.45) is 7.14. The fourth-order valence-corrected chi connectivity index (χ4v) is 6.15. The molecule has 0 spiro atoms. The van der Waals surface area contributed by atoms with Gasteiger partial charge in [0.2, 0.25) is 21.8 Å². The quantitative estimate of drug-likeness (QED) is 0.562. The number of rotatable bonds is 8. The Morgan fingerprint density at radius 1 is 1.06 bits per heavy atom. The van der Waals surface area contributed by atoms with E-state index in [1.165, 1.54) is 17.5 Å². The summed E-state index contributed by atoms with van der Waals surface area (Å²) < 4.78 is 33.2. The number of piperidine rings is 1. The summed E-state index contributed by atoms with van der Waals surface area (Å²) >= 11 is 0. The lowest BCUT2D eigenvalue weighted by molar-refractivity contribution is -0.128. The maximum atomic E-state index is 13.2. The van der Waals surface area contributed by atoms with Crippen molar-refractivity contribution in [1.29, 1.82) is 0 Å². The molecule has 2 aliphatic rings. The van der Waals surface area contributed by atoms with Crippen molar-refractivity contribution in [3.8, 4) is 5.75 Å². The van der Waals surface area contributed by atoms with Gasteiger partial charge in [-0.05, 0) is 60.7 Å². The van der Waals surface area contributed by atoms with Crippen LogP contribution < -0.4 is 10.1 Å². The number of anilines is 1. The van der Waals surface area contributed by atoms with Crippen molar-refractivity contribution in [2.75, 3.05) is 32.1 Å². The predicted octanol–water partition coefficient (Wildman–Crippen LogP) is 3.64. The molecule has 0 radical (unpaired) electrons. The van der Waals surface area contributed by atoms with Gasteiger partial charge >= 0.3 is 0 Å². The van der Waals surface area contributed by atoms with Crippen LogP contribution in [0.2, 0.25) is 0 Å². The third-order valence-corrected chi connectivity index (χ3v) is 8.21. The summed E-state index contributed by atoms with van der Waals surface area (Å²) in [4.78, 5) is 26.3. The van der Waals surface area contributed by atoms with Crippen molar-refractivity contribution < 1.29 is 22.7 Å². The number of ether oxygens (including phenoxy) is 1. The van der Waals surface area contributed by atoms with Crippen molar-refractivity contribution in [1.82, 2.24) is 9.21 Å². The number of nitrogens with one attached hydrogen (secondary N) is 1. The molecule has 9 heteroatoms. The second-order valence-corrected chi connectivity index (χ2v) is 10.7. The topological polar surface area (TPSA) is 96.0 Å². The first-order valence-corrected chi connectivity index (χ1v) is 13.3. The Bertz CT molecular complexity index is 1220. The first-order valence-electron chi connectivity index (χ1n) is 11.9. The molecule has 4 rings (SSSR count). The number of likely N-dealkylation sites (tertiary alicyclic amines) is 1. The zero-order valence-corrected chi connectivity index (χ0v) is 20.7. The van der Waals surface area contributed by atoms with E-state index in [9.17, 15) is 18.0 Å². The van der Waals surface area contributed by atoms with Crippen LogP contribution in [-0.4, -0.2) is 56.2 Å². The van der Waals surface area contributed by atoms with Crippen LogP contribution in [0, 0.1) is 0 Å². The molecule has 2 aliphatic heterocycles. The van der Waals surface area contributed by atoms with Gasteiger partial charge in [0.1, 0.15) is 10.6 Å². The van der Waals surface area contributed by atoms with E-state index < -0.39 is 10.0 Å². The molecule has 0 aromatic heterocycles. The van der Waals surface area contributed by atoms with E-state index in [2.05, 4.69) is 5.32 Å². The highest BCUT2D eigenvalue weighted by Crippen LogP contribution is 2.30. The van der Waals surface area contributed by atoms with Gasteiger partial charge in [-0.25, -0.2) is 8.42 Å². The lowest BCUT2D eigenvalue weighted by Gasteiger charge is -2.26. The number of amides is 2. The highest BCUT2D eigenvalue weighted by molar-refractivity contribution is 7.89. The number of sulfonamides is 1. The maximum absolute atomic E-state index is 13.2. The highest BCUT2D eigenvalue weighted by atomic mass is 32.2. The molecule has 2 aromatic carbocycles. The molecule has 2 amide bonds. The molecular formula is C26H31N3O5S. The smallest absolute Gasteiger partial charge is 0.248 e. The number of benzene rings is 2. The van der Waals surface area contributed by atoms with E-state index in [0.29, 0.717) is 37.3 Å². The van der Waals surface area contributed by atoms with Crippen LogP contribution in [0.25, 0.3) is 6.08 Å². The molecule has 0 unspecified atom stereocenters.